The summed E-state index contributed by atoms with van der Waals surface area (Å²) in [5, 5.41) is 0.808. The number of methoxy groups -OCH3 is 1. The van der Waals surface area contributed by atoms with Crippen LogP contribution in [0.2, 0.25) is 0 Å². The van der Waals surface area contributed by atoms with Crippen molar-refractivity contribution in [2.45, 2.75) is 42.4 Å². The van der Waals surface area contributed by atoms with Gasteiger partial charge in [-0.25, -0.2) is 8.42 Å². The van der Waals surface area contributed by atoms with Gasteiger partial charge in [-0.2, -0.15) is 0 Å². The maximum absolute atomic E-state index is 13.7. The molecular weight excluding hydrogens is 412 g/mol. The number of aromatic nitrogens is 1. The standard InChI is InChI=1S/C24H28N2O4S/c1-3-30-19-10-13-22-21(16-19)24(26-14-6-4-5-7-15-26)23(17-25-22)31(27,28)20-11-8-18(29-2)9-12-20/h8-13,16-17H,3-7,14-15H2,1-2H3. The Morgan fingerprint density at radius 2 is 1.65 bits per heavy atom. The number of hydrogen-bond acceptors (Lipinski definition) is 6. The molecule has 0 saturated carbocycles. The Bertz CT molecular complexity index is 1150. The van der Waals surface area contributed by atoms with Gasteiger partial charge in [0, 0.05) is 24.7 Å². The van der Waals surface area contributed by atoms with Crippen molar-refractivity contribution in [1.82, 2.24) is 4.98 Å². The Balaban J connectivity index is 1.93. The van der Waals surface area contributed by atoms with E-state index in [1.807, 2.05) is 25.1 Å². The predicted octanol–water partition coefficient (Wildman–Crippen LogP) is 4.86. The second kappa shape index (κ2) is 9.14. The van der Waals surface area contributed by atoms with Crippen molar-refractivity contribution in [1.29, 1.82) is 0 Å². The van der Waals surface area contributed by atoms with Crippen molar-refractivity contribution in [3.8, 4) is 11.5 Å². The van der Waals surface area contributed by atoms with Crippen LogP contribution in [-0.2, 0) is 9.84 Å². The third-order valence-corrected chi connectivity index (χ3v) is 7.44. The number of pyridine rings is 1. The van der Waals surface area contributed by atoms with E-state index in [0.717, 1.165) is 55.4 Å². The number of sulfone groups is 1. The number of benzene rings is 2. The number of ether oxygens (including phenoxy) is 2. The molecule has 1 fully saturated rings. The Morgan fingerprint density at radius 1 is 0.968 bits per heavy atom. The minimum atomic E-state index is -3.77. The molecule has 2 heterocycles. The molecule has 6 nitrogen and oxygen atoms in total. The van der Waals surface area contributed by atoms with Gasteiger partial charge in [-0.3, -0.25) is 4.98 Å². The highest BCUT2D eigenvalue weighted by Crippen LogP contribution is 2.38. The van der Waals surface area contributed by atoms with E-state index < -0.39 is 9.84 Å². The monoisotopic (exact) mass is 440 g/mol. The van der Waals surface area contributed by atoms with Gasteiger partial charge >= 0.3 is 0 Å². The summed E-state index contributed by atoms with van der Waals surface area (Å²) in [6.07, 6.45) is 5.89. The normalized spacial score (nSPS) is 15.0. The molecule has 1 aromatic heterocycles. The lowest BCUT2D eigenvalue weighted by molar-refractivity contribution is 0.340. The lowest BCUT2D eigenvalue weighted by atomic mass is 10.1. The predicted molar refractivity (Wildman–Crippen MR) is 122 cm³/mol. The van der Waals surface area contributed by atoms with Crippen LogP contribution in [0.1, 0.15) is 32.6 Å². The van der Waals surface area contributed by atoms with Crippen LogP contribution in [0.5, 0.6) is 11.5 Å². The fourth-order valence-corrected chi connectivity index (χ4v) is 5.53. The molecule has 0 unspecified atom stereocenters. The molecule has 4 rings (SSSR count). The average Bonchev–Trinajstić information content (AvgIpc) is 3.08. The largest absolute Gasteiger partial charge is 0.497 e. The van der Waals surface area contributed by atoms with Crippen molar-refractivity contribution < 1.29 is 17.9 Å². The van der Waals surface area contributed by atoms with E-state index in [2.05, 4.69) is 9.88 Å². The van der Waals surface area contributed by atoms with E-state index in [1.165, 1.54) is 6.20 Å². The smallest absolute Gasteiger partial charge is 0.210 e. The van der Waals surface area contributed by atoms with E-state index in [4.69, 9.17) is 9.47 Å². The van der Waals surface area contributed by atoms with Gasteiger partial charge in [-0.1, -0.05) is 12.8 Å². The summed E-state index contributed by atoms with van der Waals surface area (Å²) < 4.78 is 38.3. The van der Waals surface area contributed by atoms with E-state index in [9.17, 15) is 8.42 Å². The Morgan fingerprint density at radius 3 is 2.29 bits per heavy atom. The first-order valence-electron chi connectivity index (χ1n) is 10.7. The lowest BCUT2D eigenvalue weighted by Gasteiger charge is -2.27. The summed E-state index contributed by atoms with van der Waals surface area (Å²) in [5.74, 6) is 1.33. The number of hydrogen-bond donors (Lipinski definition) is 0. The van der Waals surface area contributed by atoms with E-state index in [0.29, 0.717) is 18.1 Å². The van der Waals surface area contributed by atoms with Gasteiger partial charge in [0.2, 0.25) is 9.84 Å². The highest BCUT2D eigenvalue weighted by Gasteiger charge is 2.27. The van der Waals surface area contributed by atoms with Crippen LogP contribution in [0.4, 0.5) is 5.69 Å². The van der Waals surface area contributed by atoms with Crippen molar-refractivity contribution in [3.63, 3.8) is 0 Å². The summed E-state index contributed by atoms with van der Waals surface area (Å²) >= 11 is 0. The summed E-state index contributed by atoms with van der Waals surface area (Å²) in [4.78, 5) is 7.18. The highest BCUT2D eigenvalue weighted by molar-refractivity contribution is 7.91. The molecule has 0 amide bonds. The number of nitrogens with zero attached hydrogens (tertiary/aromatic N) is 2. The van der Waals surface area contributed by atoms with Crippen molar-refractivity contribution in [2.24, 2.45) is 0 Å². The van der Waals surface area contributed by atoms with Gasteiger partial charge in [-0.15, -0.1) is 0 Å². The van der Waals surface area contributed by atoms with Crippen LogP contribution in [0.15, 0.2) is 58.5 Å². The fraction of sp³-hybridized carbons (Fsp3) is 0.375. The number of anilines is 1. The molecule has 2 aromatic carbocycles. The summed E-state index contributed by atoms with van der Waals surface area (Å²) in [7, 11) is -2.21. The molecule has 3 aromatic rings. The van der Waals surface area contributed by atoms with Crippen LogP contribution < -0.4 is 14.4 Å². The third-order valence-electron chi connectivity index (χ3n) is 5.67. The van der Waals surface area contributed by atoms with Crippen LogP contribution in [-0.4, -0.2) is 40.2 Å². The first kappa shape index (κ1) is 21.4. The van der Waals surface area contributed by atoms with Crippen molar-refractivity contribution >= 4 is 26.4 Å². The zero-order chi connectivity index (χ0) is 21.8. The minimum Gasteiger partial charge on any atom is -0.497 e. The lowest BCUT2D eigenvalue weighted by Crippen LogP contribution is -2.26. The Hall–Kier alpha value is -2.80. The Labute approximate surface area is 183 Å². The molecule has 0 aliphatic carbocycles. The van der Waals surface area contributed by atoms with E-state index >= 15 is 0 Å². The molecule has 0 N–H and O–H groups in total. The highest BCUT2D eigenvalue weighted by atomic mass is 32.2. The van der Waals surface area contributed by atoms with Crippen LogP contribution in [0, 0.1) is 0 Å². The van der Waals surface area contributed by atoms with Gasteiger partial charge in [0.15, 0.2) is 0 Å². The van der Waals surface area contributed by atoms with Gasteiger partial charge < -0.3 is 14.4 Å². The van der Waals surface area contributed by atoms with E-state index in [-0.39, 0.29) is 9.79 Å². The molecule has 0 bridgehead atoms. The SMILES string of the molecule is CCOc1ccc2ncc(S(=O)(=O)c3ccc(OC)cc3)c(N3CCCCCC3)c2c1. The molecule has 164 valence electrons. The number of fused-ring (bicyclic) bond motifs is 1. The maximum Gasteiger partial charge on any atom is 0.210 e. The zero-order valence-corrected chi connectivity index (χ0v) is 18.8. The second-order valence-corrected chi connectivity index (χ2v) is 9.58. The molecule has 0 radical (unpaired) electrons. The van der Waals surface area contributed by atoms with Gasteiger partial charge in [-0.05, 0) is 62.2 Å². The molecular formula is C24H28N2O4S. The summed E-state index contributed by atoms with van der Waals surface area (Å²) in [6, 6.07) is 12.2. The molecule has 0 spiro atoms. The topological polar surface area (TPSA) is 68.7 Å². The van der Waals surface area contributed by atoms with E-state index in [1.54, 1.807) is 31.4 Å². The zero-order valence-electron chi connectivity index (χ0n) is 18.0. The van der Waals surface area contributed by atoms with Gasteiger partial charge in [0.25, 0.3) is 0 Å². The fourth-order valence-electron chi connectivity index (χ4n) is 4.09. The van der Waals surface area contributed by atoms with Crippen LogP contribution >= 0.6 is 0 Å². The second-order valence-electron chi connectivity index (χ2n) is 7.66. The molecule has 1 aliphatic rings. The minimum absolute atomic E-state index is 0.228. The first-order chi connectivity index (χ1) is 15.0. The Kier molecular flexibility index (Phi) is 6.32. The average molecular weight is 441 g/mol. The third kappa shape index (κ3) is 4.32. The molecule has 31 heavy (non-hydrogen) atoms. The molecule has 1 aliphatic heterocycles. The summed E-state index contributed by atoms with van der Waals surface area (Å²) in [5.41, 5.74) is 1.49. The molecule has 1 saturated heterocycles. The number of rotatable bonds is 6. The van der Waals surface area contributed by atoms with Crippen LogP contribution in [0.25, 0.3) is 10.9 Å². The van der Waals surface area contributed by atoms with Crippen molar-refractivity contribution in [2.75, 3.05) is 31.7 Å². The molecule has 7 heteroatoms. The van der Waals surface area contributed by atoms with Crippen molar-refractivity contribution in [3.05, 3.63) is 48.7 Å². The summed E-state index contributed by atoms with van der Waals surface area (Å²) in [6.45, 7) is 4.12. The molecule has 0 atom stereocenters. The maximum atomic E-state index is 13.7. The van der Waals surface area contributed by atoms with Crippen LogP contribution in [0.3, 0.4) is 0 Å². The van der Waals surface area contributed by atoms with Gasteiger partial charge in [0.05, 0.1) is 29.8 Å². The quantitative estimate of drug-likeness (QED) is 0.546. The van der Waals surface area contributed by atoms with Gasteiger partial charge in [0.1, 0.15) is 16.4 Å². The first-order valence-corrected chi connectivity index (χ1v) is 12.2.